The number of anilines is 1. The smallest absolute Gasteiger partial charge is 0.243 e. The predicted octanol–water partition coefficient (Wildman–Crippen LogP) is 2.23. The van der Waals surface area contributed by atoms with Crippen molar-refractivity contribution in [2.75, 3.05) is 11.9 Å². The zero-order valence-corrected chi connectivity index (χ0v) is 10.3. The Balaban J connectivity index is 1.93. The van der Waals surface area contributed by atoms with E-state index < -0.39 is 0 Å². The van der Waals surface area contributed by atoms with Gasteiger partial charge in [-0.2, -0.15) is 0 Å². The van der Waals surface area contributed by atoms with Crippen molar-refractivity contribution in [2.24, 2.45) is 0 Å². The molecule has 19 heavy (non-hydrogen) atoms. The molecule has 3 aromatic rings. The molecule has 5 heteroatoms. The topological polar surface area (TPSA) is 55.6 Å². The summed E-state index contributed by atoms with van der Waals surface area (Å²) in [5, 5.41) is 17.6. The van der Waals surface area contributed by atoms with Crippen molar-refractivity contribution in [3.63, 3.8) is 0 Å². The maximum atomic E-state index is 4.11. The van der Waals surface area contributed by atoms with Gasteiger partial charge in [0.15, 0.2) is 0 Å². The van der Waals surface area contributed by atoms with Crippen molar-refractivity contribution in [1.29, 1.82) is 0 Å². The molecule has 0 aliphatic carbocycles. The number of nitrogens with one attached hydrogen (secondary N) is 1. The van der Waals surface area contributed by atoms with E-state index in [1.165, 1.54) is 16.3 Å². The molecule has 5 nitrogen and oxygen atoms in total. The van der Waals surface area contributed by atoms with E-state index in [4.69, 9.17) is 0 Å². The van der Waals surface area contributed by atoms with Crippen molar-refractivity contribution >= 4 is 16.7 Å². The lowest BCUT2D eigenvalue weighted by molar-refractivity contribution is 0.472. The first-order valence-electron chi connectivity index (χ1n) is 6.43. The predicted molar refractivity (Wildman–Crippen MR) is 73.0 cm³/mol. The third-order valence-corrected chi connectivity index (χ3v) is 3.67. The van der Waals surface area contributed by atoms with E-state index >= 15 is 0 Å². The van der Waals surface area contributed by atoms with E-state index in [2.05, 4.69) is 63.3 Å². The normalized spacial score (nSPS) is 18.0. The van der Waals surface area contributed by atoms with Crippen LogP contribution in [0.1, 0.15) is 18.0 Å². The minimum atomic E-state index is 0.206. The largest absolute Gasteiger partial charge is 0.353 e. The Hall–Kier alpha value is -2.43. The monoisotopic (exact) mass is 251 g/mol. The Labute approximate surface area is 110 Å². The molecule has 1 N–H and O–H groups in total. The molecule has 1 aliphatic rings. The van der Waals surface area contributed by atoms with Gasteiger partial charge in [-0.05, 0) is 33.2 Å². The van der Waals surface area contributed by atoms with Gasteiger partial charge in [0, 0.05) is 6.54 Å². The quantitative estimate of drug-likeness (QED) is 0.720. The van der Waals surface area contributed by atoms with Crippen LogP contribution >= 0.6 is 0 Å². The molecule has 4 rings (SSSR count). The summed E-state index contributed by atoms with van der Waals surface area (Å²) in [6, 6.07) is 15.1. The highest BCUT2D eigenvalue weighted by molar-refractivity contribution is 5.86. The average molecular weight is 251 g/mol. The molecule has 0 saturated carbocycles. The van der Waals surface area contributed by atoms with Crippen LogP contribution < -0.4 is 5.32 Å². The first kappa shape index (κ1) is 10.5. The summed E-state index contributed by atoms with van der Waals surface area (Å²) in [5.74, 6) is 0.754. The molecule has 1 aromatic heterocycles. The lowest BCUT2D eigenvalue weighted by Gasteiger charge is -2.24. The first-order chi connectivity index (χ1) is 9.43. The molecular weight excluding hydrogens is 238 g/mol. The Morgan fingerprint density at radius 3 is 3.00 bits per heavy atom. The summed E-state index contributed by atoms with van der Waals surface area (Å²) in [6.07, 6.45) is 0.992. The van der Waals surface area contributed by atoms with Gasteiger partial charge in [-0.1, -0.05) is 47.6 Å². The van der Waals surface area contributed by atoms with E-state index in [0.717, 1.165) is 18.9 Å². The fourth-order valence-corrected chi connectivity index (χ4v) is 2.79. The second-order valence-corrected chi connectivity index (χ2v) is 4.75. The van der Waals surface area contributed by atoms with Gasteiger partial charge < -0.3 is 5.32 Å². The van der Waals surface area contributed by atoms with Gasteiger partial charge in [-0.3, -0.25) is 0 Å². The fourth-order valence-electron chi connectivity index (χ4n) is 2.79. The second kappa shape index (κ2) is 4.05. The maximum absolute atomic E-state index is 4.11. The highest BCUT2D eigenvalue weighted by Gasteiger charge is 2.24. The minimum absolute atomic E-state index is 0.206. The fraction of sp³-hybridized carbons (Fsp3) is 0.214. The lowest BCUT2D eigenvalue weighted by Crippen LogP contribution is -2.24. The van der Waals surface area contributed by atoms with Crippen molar-refractivity contribution in [3.8, 4) is 0 Å². The number of fused-ring (bicyclic) bond motifs is 2. The Bertz CT molecular complexity index is 728. The van der Waals surface area contributed by atoms with Crippen LogP contribution in [0, 0.1) is 0 Å². The van der Waals surface area contributed by atoms with Crippen LogP contribution in [0.25, 0.3) is 10.8 Å². The van der Waals surface area contributed by atoms with E-state index in [1.807, 2.05) is 4.68 Å². The molecule has 0 amide bonds. The Morgan fingerprint density at radius 2 is 2.00 bits per heavy atom. The van der Waals surface area contributed by atoms with Crippen molar-refractivity contribution < 1.29 is 0 Å². The minimum Gasteiger partial charge on any atom is -0.353 e. The molecule has 0 spiro atoms. The second-order valence-electron chi connectivity index (χ2n) is 4.75. The third kappa shape index (κ3) is 1.58. The van der Waals surface area contributed by atoms with Gasteiger partial charge in [0.2, 0.25) is 5.95 Å². The molecule has 1 unspecified atom stereocenters. The molecule has 0 saturated heterocycles. The molecule has 1 atom stereocenters. The number of aromatic nitrogens is 4. The summed E-state index contributed by atoms with van der Waals surface area (Å²) in [5.41, 5.74) is 1.29. The molecule has 0 radical (unpaired) electrons. The lowest BCUT2D eigenvalue weighted by atomic mass is 9.96. The zero-order chi connectivity index (χ0) is 12.7. The van der Waals surface area contributed by atoms with Gasteiger partial charge in [0.1, 0.15) is 0 Å². The van der Waals surface area contributed by atoms with Crippen LogP contribution in [0.5, 0.6) is 0 Å². The van der Waals surface area contributed by atoms with Gasteiger partial charge in [0.05, 0.1) is 6.04 Å². The van der Waals surface area contributed by atoms with Gasteiger partial charge in [0.25, 0.3) is 0 Å². The number of benzene rings is 2. The average Bonchev–Trinajstić information content (AvgIpc) is 2.95. The van der Waals surface area contributed by atoms with E-state index in [0.29, 0.717) is 0 Å². The summed E-state index contributed by atoms with van der Waals surface area (Å²) in [6.45, 7) is 0.897. The van der Waals surface area contributed by atoms with E-state index in [9.17, 15) is 0 Å². The standard InChI is InChI=1S/C14H13N5/c1-2-6-11-10(4-1)5-3-7-12(11)13-8-9-15-14-16-17-18-19(13)14/h1-7,13H,8-9H2,(H,15,16,18). The van der Waals surface area contributed by atoms with Gasteiger partial charge in [-0.25, -0.2) is 4.68 Å². The summed E-state index contributed by atoms with van der Waals surface area (Å²) in [7, 11) is 0. The van der Waals surface area contributed by atoms with Gasteiger partial charge >= 0.3 is 0 Å². The SMILES string of the molecule is c1ccc2c(C3CCNc4nnnn43)cccc2c1. The molecule has 94 valence electrons. The van der Waals surface area contributed by atoms with Crippen LogP contribution in [-0.2, 0) is 0 Å². The summed E-state index contributed by atoms with van der Waals surface area (Å²) >= 11 is 0. The van der Waals surface area contributed by atoms with Crippen molar-refractivity contribution in [2.45, 2.75) is 12.5 Å². The molecule has 2 aromatic carbocycles. The maximum Gasteiger partial charge on any atom is 0.243 e. The third-order valence-electron chi connectivity index (χ3n) is 3.67. The number of tetrazole rings is 1. The van der Waals surface area contributed by atoms with E-state index in [1.54, 1.807) is 0 Å². The van der Waals surface area contributed by atoms with Crippen LogP contribution in [0.3, 0.4) is 0 Å². The molecular formula is C14H13N5. The number of hydrogen-bond donors (Lipinski definition) is 1. The van der Waals surface area contributed by atoms with E-state index in [-0.39, 0.29) is 6.04 Å². The van der Waals surface area contributed by atoms with Crippen LogP contribution in [-0.4, -0.2) is 26.8 Å². The summed E-state index contributed by atoms with van der Waals surface area (Å²) < 4.78 is 1.88. The molecule has 2 heterocycles. The first-order valence-corrected chi connectivity index (χ1v) is 6.43. The zero-order valence-electron chi connectivity index (χ0n) is 10.3. The molecule has 0 bridgehead atoms. The Kier molecular flexibility index (Phi) is 2.24. The van der Waals surface area contributed by atoms with Crippen LogP contribution in [0.15, 0.2) is 42.5 Å². The Morgan fingerprint density at radius 1 is 1.11 bits per heavy atom. The van der Waals surface area contributed by atoms with Gasteiger partial charge in [-0.15, -0.1) is 0 Å². The van der Waals surface area contributed by atoms with Crippen LogP contribution in [0.2, 0.25) is 0 Å². The highest BCUT2D eigenvalue weighted by atomic mass is 15.6. The molecule has 0 fully saturated rings. The number of rotatable bonds is 1. The number of hydrogen-bond acceptors (Lipinski definition) is 4. The summed E-state index contributed by atoms with van der Waals surface area (Å²) in [4.78, 5) is 0. The van der Waals surface area contributed by atoms with Crippen molar-refractivity contribution in [3.05, 3.63) is 48.0 Å². The highest BCUT2D eigenvalue weighted by Crippen LogP contribution is 2.31. The van der Waals surface area contributed by atoms with Crippen LogP contribution in [0.4, 0.5) is 5.95 Å². The molecule has 1 aliphatic heterocycles. The van der Waals surface area contributed by atoms with Crippen molar-refractivity contribution in [1.82, 2.24) is 20.2 Å². The number of nitrogens with zero attached hydrogens (tertiary/aromatic N) is 4.